The van der Waals surface area contributed by atoms with E-state index in [2.05, 4.69) is 5.10 Å². The number of carbonyl (C=O) groups excluding carboxylic acids is 1. The number of nitrogens with zero attached hydrogens (tertiary/aromatic N) is 3. The fourth-order valence-corrected chi connectivity index (χ4v) is 2.25. The molecule has 24 heavy (non-hydrogen) atoms. The van der Waals surface area contributed by atoms with Gasteiger partial charge < -0.3 is 10.0 Å². The van der Waals surface area contributed by atoms with Crippen LogP contribution in [0.3, 0.4) is 0 Å². The topological polar surface area (TPSA) is 75.4 Å². The first-order valence-electron chi connectivity index (χ1n) is 7.21. The highest BCUT2D eigenvalue weighted by atomic mass is 19.1. The molecule has 6 nitrogen and oxygen atoms in total. The van der Waals surface area contributed by atoms with Gasteiger partial charge in [0.2, 0.25) is 0 Å². The number of carbonyl (C=O) groups is 2. The molecule has 0 saturated heterocycles. The molecule has 1 aromatic carbocycles. The Kier molecular flexibility index (Phi) is 4.96. The van der Waals surface area contributed by atoms with Crippen molar-refractivity contribution in [2.75, 3.05) is 13.6 Å². The van der Waals surface area contributed by atoms with Gasteiger partial charge in [-0.25, -0.2) is 13.5 Å². The number of amides is 1. The van der Waals surface area contributed by atoms with E-state index in [1.165, 1.54) is 31.1 Å². The Morgan fingerprint density at radius 2 is 1.92 bits per heavy atom. The van der Waals surface area contributed by atoms with Crippen LogP contribution in [0.5, 0.6) is 0 Å². The predicted octanol–water partition coefficient (Wildman–Crippen LogP) is 2.25. The Hall–Kier alpha value is -2.77. The van der Waals surface area contributed by atoms with E-state index in [0.29, 0.717) is 5.56 Å². The standard InChI is InChI=1S/C16H17F2N3O3/c1-9-8-21(14-11(17)5-4-6-12(14)18)19-13(9)15(22)20(3)7-10(2)16(23)24/h4-6,8,10H,7H2,1-3H3,(H,23,24). The molecule has 0 aliphatic carbocycles. The second-order valence-electron chi connectivity index (χ2n) is 5.60. The molecule has 0 radical (unpaired) electrons. The molecule has 1 N–H and O–H groups in total. The van der Waals surface area contributed by atoms with Crippen LogP contribution in [0, 0.1) is 24.5 Å². The van der Waals surface area contributed by atoms with Crippen molar-refractivity contribution in [2.24, 2.45) is 5.92 Å². The number of carboxylic acids is 1. The largest absolute Gasteiger partial charge is 0.481 e. The molecule has 0 aliphatic heterocycles. The van der Waals surface area contributed by atoms with E-state index in [0.717, 1.165) is 16.8 Å². The summed E-state index contributed by atoms with van der Waals surface area (Å²) < 4.78 is 28.6. The van der Waals surface area contributed by atoms with Gasteiger partial charge in [0, 0.05) is 25.4 Å². The molecule has 0 fully saturated rings. The number of hydrogen-bond acceptors (Lipinski definition) is 3. The summed E-state index contributed by atoms with van der Waals surface area (Å²) in [6.07, 6.45) is 1.35. The number of carboxylic acid groups (broad SMARTS) is 1. The van der Waals surface area contributed by atoms with Crippen LogP contribution in [0.1, 0.15) is 23.0 Å². The number of aryl methyl sites for hydroxylation is 1. The molecular formula is C16H17F2N3O3. The molecule has 1 amide bonds. The maximum absolute atomic E-state index is 13.8. The molecule has 0 aliphatic rings. The quantitative estimate of drug-likeness (QED) is 0.908. The minimum Gasteiger partial charge on any atom is -0.481 e. The van der Waals surface area contributed by atoms with Crippen LogP contribution in [0.4, 0.5) is 8.78 Å². The van der Waals surface area contributed by atoms with Gasteiger partial charge in [-0.2, -0.15) is 5.10 Å². The molecule has 8 heteroatoms. The van der Waals surface area contributed by atoms with E-state index < -0.39 is 29.4 Å². The number of rotatable bonds is 5. The molecule has 1 heterocycles. The molecule has 1 atom stereocenters. The fraction of sp³-hybridized carbons (Fsp3) is 0.312. The van der Waals surface area contributed by atoms with E-state index in [9.17, 15) is 18.4 Å². The average Bonchev–Trinajstić information content (AvgIpc) is 2.87. The van der Waals surface area contributed by atoms with E-state index in [1.54, 1.807) is 6.92 Å². The molecule has 1 aromatic heterocycles. The van der Waals surface area contributed by atoms with Gasteiger partial charge >= 0.3 is 5.97 Å². The van der Waals surface area contributed by atoms with Crippen LogP contribution in [0.15, 0.2) is 24.4 Å². The van der Waals surface area contributed by atoms with Crippen molar-refractivity contribution in [3.8, 4) is 5.69 Å². The fourth-order valence-electron chi connectivity index (χ4n) is 2.25. The normalized spacial score (nSPS) is 12.0. The zero-order chi connectivity index (χ0) is 18.0. The van der Waals surface area contributed by atoms with Crippen molar-refractivity contribution < 1.29 is 23.5 Å². The van der Waals surface area contributed by atoms with E-state index in [-0.39, 0.29) is 17.9 Å². The summed E-state index contributed by atoms with van der Waals surface area (Å²) in [5.41, 5.74) is 0.0661. The van der Waals surface area contributed by atoms with Gasteiger partial charge in [-0.1, -0.05) is 13.0 Å². The van der Waals surface area contributed by atoms with Crippen LogP contribution in [0.2, 0.25) is 0 Å². The summed E-state index contributed by atoms with van der Waals surface area (Å²) in [6, 6.07) is 3.42. The van der Waals surface area contributed by atoms with Gasteiger partial charge in [0.25, 0.3) is 5.91 Å². The molecule has 0 spiro atoms. The van der Waals surface area contributed by atoms with Crippen molar-refractivity contribution in [1.29, 1.82) is 0 Å². The van der Waals surface area contributed by atoms with Gasteiger partial charge in [0.1, 0.15) is 5.69 Å². The number of aromatic nitrogens is 2. The highest BCUT2D eigenvalue weighted by Gasteiger charge is 2.23. The van der Waals surface area contributed by atoms with Crippen molar-refractivity contribution in [3.63, 3.8) is 0 Å². The van der Waals surface area contributed by atoms with Gasteiger partial charge in [-0.3, -0.25) is 9.59 Å². The number of hydrogen-bond donors (Lipinski definition) is 1. The second kappa shape index (κ2) is 6.77. The lowest BCUT2D eigenvalue weighted by Gasteiger charge is -2.18. The Morgan fingerprint density at radius 3 is 2.46 bits per heavy atom. The van der Waals surface area contributed by atoms with Gasteiger partial charge in [-0.05, 0) is 19.1 Å². The number of aliphatic carboxylic acids is 1. The zero-order valence-corrected chi connectivity index (χ0v) is 13.5. The van der Waals surface area contributed by atoms with E-state index in [1.807, 2.05) is 0 Å². The third kappa shape index (κ3) is 3.42. The maximum Gasteiger partial charge on any atom is 0.308 e. The van der Waals surface area contributed by atoms with Gasteiger partial charge in [0.05, 0.1) is 5.92 Å². The number of halogens is 2. The zero-order valence-electron chi connectivity index (χ0n) is 13.5. The Morgan fingerprint density at radius 1 is 1.33 bits per heavy atom. The lowest BCUT2D eigenvalue weighted by Crippen LogP contribution is -2.34. The Balaban J connectivity index is 2.32. The van der Waals surface area contributed by atoms with Crippen LogP contribution in [-0.4, -0.2) is 45.3 Å². The van der Waals surface area contributed by atoms with Crippen molar-refractivity contribution >= 4 is 11.9 Å². The highest BCUT2D eigenvalue weighted by molar-refractivity contribution is 5.93. The molecular weight excluding hydrogens is 320 g/mol. The SMILES string of the molecule is Cc1cn(-c2c(F)cccc2F)nc1C(=O)N(C)CC(C)C(=O)O. The summed E-state index contributed by atoms with van der Waals surface area (Å²) in [5, 5.41) is 12.9. The van der Waals surface area contributed by atoms with Crippen LogP contribution < -0.4 is 0 Å². The van der Waals surface area contributed by atoms with Crippen LogP contribution in [0.25, 0.3) is 5.69 Å². The van der Waals surface area contributed by atoms with Crippen LogP contribution in [-0.2, 0) is 4.79 Å². The van der Waals surface area contributed by atoms with E-state index >= 15 is 0 Å². The third-order valence-electron chi connectivity index (χ3n) is 3.58. The summed E-state index contributed by atoms with van der Waals surface area (Å²) in [6.45, 7) is 3.06. The minimum atomic E-state index is -1.02. The summed E-state index contributed by atoms with van der Waals surface area (Å²) >= 11 is 0. The Labute approximate surface area is 137 Å². The van der Waals surface area contributed by atoms with Crippen LogP contribution >= 0.6 is 0 Å². The lowest BCUT2D eigenvalue weighted by molar-refractivity contribution is -0.141. The number of para-hydroxylation sites is 1. The van der Waals surface area contributed by atoms with Crippen molar-refractivity contribution in [1.82, 2.24) is 14.7 Å². The molecule has 1 unspecified atom stereocenters. The summed E-state index contributed by atoms with van der Waals surface area (Å²) in [4.78, 5) is 24.5. The first-order valence-corrected chi connectivity index (χ1v) is 7.21. The van der Waals surface area contributed by atoms with Crippen molar-refractivity contribution in [2.45, 2.75) is 13.8 Å². The molecule has 128 valence electrons. The first-order chi connectivity index (χ1) is 11.2. The van der Waals surface area contributed by atoms with Crippen molar-refractivity contribution in [3.05, 3.63) is 47.3 Å². The minimum absolute atomic E-state index is 0.00543. The smallest absolute Gasteiger partial charge is 0.308 e. The maximum atomic E-state index is 13.8. The molecule has 0 saturated carbocycles. The third-order valence-corrected chi connectivity index (χ3v) is 3.58. The predicted molar refractivity (Wildman–Crippen MR) is 82.0 cm³/mol. The highest BCUT2D eigenvalue weighted by Crippen LogP contribution is 2.19. The summed E-state index contributed by atoms with van der Waals surface area (Å²) in [7, 11) is 1.45. The molecule has 0 bridgehead atoms. The molecule has 2 aromatic rings. The first kappa shape index (κ1) is 17.6. The average molecular weight is 337 g/mol. The van der Waals surface area contributed by atoms with Gasteiger partial charge in [-0.15, -0.1) is 0 Å². The monoisotopic (exact) mass is 337 g/mol. The molecule has 2 rings (SSSR count). The second-order valence-corrected chi connectivity index (χ2v) is 5.60. The Bertz CT molecular complexity index is 769. The van der Waals surface area contributed by atoms with Gasteiger partial charge in [0.15, 0.2) is 17.3 Å². The summed E-state index contributed by atoms with van der Waals surface area (Å²) in [5.74, 6) is -3.89. The lowest BCUT2D eigenvalue weighted by atomic mass is 10.1. The van der Waals surface area contributed by atoms with E-state index in [4.69, 9.17) is 5.11 Å². The number of benzene rings is 1.